The van der Waals surface area contributed by atoms with Gasteiger partial charge in [0.2, 0.25) is 5.13 Å². The fourth-order valence-electron chi connectivity index (χ4n) is 0.390. The molecule has 10 heavy (non-hydrogen) atoms. The number of hydrogen-bond acceptors (Lipinski definition) is 4. The fraction of sp³-hybridized carbons (Fsp3) is 0.250. The number of hydrogen-bond donors (Lipinski definition) is 0. The van der Waals surface area contributed by atoms with E-state index in [1.165, 1.54) is 11.6 Å². The van der Waals surface area contributed by atoms with E-state index in [1.807, 2.05) is 0 Å². The molecular weight excluding hydrogens is 154 g/mol. The van der Waals surface area contributed by atoms with E-state index in [0.29, 0.717) is 0 Å². The summed E-state index contributed by atoms with van der Waals surface area (Å²) >= 11 is 0.899. The van der Waals surface area contributed by atoms with Gasteiger partial charge in [-0.3, -0.25) is 0 Å². The number of thiazole rings is 1. The molecule has 1 aromatic rings. The molecule has 1 aromatic heterocycles. The van der Waals surface area contributed by atoms with Crippen LogP contribution in [-0.2, 0) is 0 Å². The molecule has 0 aromatic carbocycles. The highest BCUT2D eigenvalue weighted by atomic mass is 32.1. The Kier molecular flexibility index (Phi) is 1.01. The molecule has 0 saturated heterocycles. The Morgan fingerprint density at radius 2 is 2.90 bits per heavy atom. The number of hydrazine groups is 1. The van der Waals surface area contributed by atoms with Gasteiger partial charge in [-0.25, -0.2) is 15.1 Å². The van der Waals surface area contributed by atoms with Crippen LogP contribution in [0.3, 0.4) is 0 Å². The minimum Gasteiger partial charge on any atom is -0.234 e. The summed E-state index contributed by atoms with van der Waals surface area (Å²) in [7, 11) is 0. The lowest BCUT2D eigenvalue weighted by molar-refractivity contribution is -0.490. The van der Waals surface area contributed by atoms with Gasteiger partial charge in [-0.15, -0.1) is 0 Å². The summed E-state index contributed by atoms with van der Waals surface area (Å²) in [5, 5.41) is 10.8. The molecule has 0 amide bonds. The van der Waals surface area contributed by atoms with Gasteiger partial charge in [0, 0.05) is 11.6 Å². The largest absolute Gasteiger partial charge is 0.248 e. The second-order valence-corrected chi connectivity index (χ2v) is 2.24. The van der Waals surface area contributed by atoms with E-state index in [2.05, 4.69) is 4.98 Å². The first-order valence-corrected chi connectivity index (χ1v) is 3.15. The van der Waals surface area contributed by atoms with E-state index < -0.39 is 12.0 Å². The fourth-order valence-corrected chi connectivity index (χ4v) is 0.922. The first-order valence-electron chi connectivity index (χ1n) is 3.77. The lowest BCUT2D eigenvalue weighted by atomic mass is 11.0. The molecule has 0 unspecified atom stereocenters. The van der Waals surface area contributed by atoms with Crippen molar-refractivity contribution in [3.63, 3.8) is 0 Å². The van der Waals surface area contributed by atoms with Crippen molar-refractivity contribution >= 4 is 16.5 Å². The molecule has 0 fully saturated rings. The maximum atomic E-state index is 10.4. The van der Waals surface area contributed by atoms with Crippen molar-refractivity contribution < 1.29 is 9.14 Å². The predicted molar refractivity (Wildman–Crippen MR) is 37.5 cm³/mol. The number of aromatic nitrogens is 1. The third-order valence-electron chi connectivity index (χ3n) is 0.764. The molecule has 0 atom stereocenters. The Morgan fingerprint density at radius 1 is 2.10 bits per heavy atom. The Balaban J connectivity index is 3.01. The zero-order valence-electron chi connectivity index (χ0n) is 7.72. The first-order chi connectivity index (χ1) is 5.93. The molecule has 0 aliphatic heterocycles. The zero-order valence-corrected chi connectivity index (χ0v) is 5.54. The SMILES string of the molecule is [2H]C([2H])([2H])N(c1nccs1)[N+](=O)[O-]. The summed E-state index contributed by atoms with van der Waals surface area (Å²) in [5.74, 6) is 0. The number of rotatable bonds is 2. The molecule has 5 nitrogen and oxygen atoms in total. The van der Waals surface area contributed by atoms with Gasteiger partial charge in [0.05, 0.1) is 11.1 Å². The molecule has 6 heteroatoms. The highest BCUT2D eigenvalue weighted by molar-refractivity contribution is 7.13. The van der Waals surface area contributed by atoms with Crippen molar-refractivity contribution in [1.82, 2.24) is 4.98 Å². The second kappa shape index (κ2) is 2.61. The van der Waals surface area contributed by atoms with E-state index in [-0.39, 0.29) is 10.1 Å². The van der Waals surface area contributed by atoms with Crippen LogP contribution in [0.1, 0.15) is 4.11 Å². The monoisotopic (exact) mass is 162 g/mol. The molecular formula is C4H5N3O2S. The van der Waals surface area contributed by atoms with E-state index in [4.69, 9.17) is 4.11 Å². The molecule has 0 bridgehead atoms. The molecule has 0 N–H and O–H groups in total. The lowest BCUT2D eigenvalue weighted by Crippen LogP contribution is -2.23. The highest BCUT2D eigenvalue weighted by Gasteiger charge is 2.11. The van der Waals surface area contributed by atoms with Gasteiger partial charge in [0.25, 0.3) is 0 Å². The summed E-state index contributed by atoms with van der Waals surface area (Å²) in [4.78, 5) is 13.9. The van der Waals surface area contributed by atoms with Crippen LogP contribution in [0.25, 0.3) is 0 Å². The molecule has 0 radical (unpaired) electrons. The van der Waals surface area contributed by atoms with E-state index in [1.54, 1.807) is 0 Å². The van der Waals surface area contributed by atoms with E-state index >= 15 is 0 Å². The van der Waals surface area contributed by atoms with E-state index in [0.717, 1.165) is 11.3 Å². The van der Waals surface area contributed by atoms with Crippen LogP contribution >= 0.6 is 11.3 Å². The topological polar surface area (TPSA) is 59.3 Å². The lowest BCUT2D eigenvalue weighted by Gasteiger charge is -2.00. The normalized spacial score (nSPS) is 15.0. The van der Waals surface area contributed by atoms with Crippen LogP contribution in [0.5, 0.6) is 0 Å². The molecule has 54 valence electrons. The first kappa shape index (κ1) is 3.87. The van der Waals surface area contributed by atoms with Crippen molar-refractivity contribution in [2.75, 3.05) is 12.0 Å². The zero-order chi connectivity index (χ0) is 10.1. The number of anilines is 1. The van der Waals surface area contributed by atoms with Gasteiger partial charge in [0.15, 0.2) is 5.03 Å². The molecule has 0 saturated carbocycles. The standard InChI is InChI=1S/C4H5N3O2S/c1-6(7(8)9)4-5-2-3-10-4/h2-3H,1H3/i1D3. The van der Waals surface area contributed by atoms with Crippen molar-refractivity contribution in [3.8, 4) is 0 Å². The molecule has 1 rings (SSSR count). The van der Waals surface area contributed by atoms with Crippen molar-refractivity contribution in [2.45, 2.75) is 0 Å². The Morgan fingerprint density at radius 3 is 3.30 bits per heavy atom. The van der Waals surface area contributed by atoms with E-state index in [9.17, 15) is 10.1 Å². The average molecular weight is 162 g/mol. The van der Waals surface area contributed by atoms with Gasteiger partial charge in [-0.05, 0) is 0 Å². The quantitative estimate of drug-likeness (QED) is 0.476. The number of nitro groups is 1. The predicted octanol–water partition coefficient (Wildman–Crippen LogP) is 0.771. The summed E-state index contributed by atoms with van der Waals surface area (Å²) in [6.07, 6.45) is 1.31. The van der Waals surface area contributed by atoms with Crippen LogP contribution < -0.4 is 5.01 Å². The van der Waals surface area contributed by atoms with Crippen molar-refractivity contribution in [2.24, 2.45) is 0 Å². The minimum absolute atomic E-state index is 0.0671. The second-order valence-electron chi connectivity index (χ2n) is 1.36. The van der Waals surface area contributed by atoms with Crippen LogP contribution in [0, 0.1) is 10.1 Å². The van der Waals surface area contributed by atoms with Gasteiger partial charge >= 0.3 is 0 Å². The van der Waals surface area contributed by atoms with Crippen molar-refractivity contribution in [3.05, 3.63) is 21.7 Å². The third kappa shape index (κ3) is 1.21. The highest BCUT2D eigenvalue weighted by Crippen LogP contribution is 2.14. The molecule has 0 aliphatic carbocycles. The summed E-state index contributed by atoms with van der Waals surface area (Å²) in [6.45, 7) is -2.80. The molecule has 0 aliphatic rings. The van der Waals surface area contributed by atoms with Crippen LogP contribution in [0.4, 0.5) is 5.13 Å². The van der Waals surface area contributed by atoms with Gasteiger partial charge in [-0.1, -0.05) is 16.3 Å². The summed E-state index contributed by atoms with van der Waals surface area (Å²) in [6, 6.07) is 0. The summed E-state index contributed by atoms with van der Waals surface area (Å²) < 4.78 is 20.6. The number of nitrogens with zero attached hydrogens (tertiary/aromatic N) is 3. The molecule has 1 heterocycles. The van der Waals surface area contributed by atoms with Crippen LogP contribution in [-0.4, -0.2) is 17.0 Å². The van der Waals surface area contributed by atoms with Crippen LogP contribution in [0.2, 0.25) is 0 Å². The van der Waals surface area contributed by atoms with Crippen LogP contribution in [0.15, 0.2) is 11.6 Å². The smallest absolute Gasteiger partial charge is 0.234 e. The Bertz CT molecular complexity index is 298. The van der Waals surface area contributed by atoms with Crippen molar-refractivity contribution in [1.29, 1.82) is 0 Å². The maximum absolute atomic E-state index is 10.4. The Labute approximate surface area is 65.3 Å². The average Bonchev–Trinajstić information content (AvgIpc) is 2.34. The Hall–Kier alpha value is -1.17. The maximum Gasteiger partial charge on any atom is 0.248 e. The van der Waals surface area contributed by atoms with Gasteiger partial charge in [-0.2, -0.15) is 0 Å². The summed E-state index contributed by atoms with van der Waals surface area (Å²) in [5.41, 5.74) is 0. The third-order valence-corrected chi connectivity index (χ3v) is 1.51. The van der Waals surface area contributed by atoms with Gasteiger partial charge in [0.1, 0.15) is 0 Å². The minimum atomic E-state index is -2.80. The molecule has 0 spiro atoms. The van der Waals surface area contributed by atoms with Gasteiger partial charge < -0.3 is 0 Å².